The molecule has 0 spiro atoms. The van der Waals surface area contributed by atoms with Crippen LogP contribution in [-0.4, -0.2) is 18.4 Å². The van der Waals surface area contributed by atoms with Crippen LogP contribution in [0.5, 0.6) is 5.75 Å². The third-order valence-corrected chi connectivity index (χ3v) is 3.11. The van der Waals surface area contributed by atoms with Crippen molar-refractivity contribution >= 4 is 5.78 Å². The molecule has 0 aromatic heterocycles. The second-order valence-corrected chi connectivity index (χ2v) is 4.86. The lowest BCUT2D eigenvalue weighted by Gasteiger charge is -2.05. The van der Waals surface area contributed by atoms with Crippen LogP contribution >= 0.6 is 0 Å². The number of hydrogen-bond donors (Lipinski definition) is 1. The minimum Gasteiger partial charge on any atom is -0.490 e. The molecule has 3 heteroatoms. The molecule has 98 valence electrons. The largest absolute Gasteiger partial charge is 0.490 e. The highest BCUT2D eigenvalue weighted by Crippen LogP contribution is 2.26. The SMILES string of the molecule is NCCCCCC(=O)c1ccc(OC2CC2)cc1. The van der Waals surface area contributed by atoms with Crippen LogP contribution in [0.4, 0.5) is 0 Å². The van der Waals surface area contributed by atoms with E-state index in [1.807, 2.05) is 24.3 Å². The first kappa shape index (κ1) is 13.1. The topological polar surface area (TPSA) is 52.3 Å². The van der Waals surface area contributed by atoms with Crippen molar-refractivity contribution in [3.8, 4) is 5.75 Å². The maximum Gasteiger partial charge on any atom is 0.162 e. The molecule has 1 aromatic rings. The van der Waals surface area contributed by atoms with E-state index in [1.165, 1.54) is 0 Å². The van der Waals surface area contributed by atoms with Gasteiger partial charge in [-0.1, -0.05) is 6.42 Å². The number of ketones is 1. The van der Waals surface area contributed by atoms with E-state index in [1.54, 1.807) is 0 Å². The number of nitrogens with two attached hydrogens (primary N) is 1. The van der Waals surface area contributed by atoms with E-state index in [4.69, 9.17) is 10.5 Å². The fourth-order valence-corrected chi connectivity index (χ4v) is 1.85. The Hall–Kier alpha value is -1.35. The first-order valence-electron chi connectivity index (χ1n) is 6.79. The molecule has 0 amide bonds. The van der Waals surface area contributed by atoms with Crippen LogP contribution < -0.4 is 10.5 Å². The zero-order valence-electron chi connectivity index (χ0n) is 10.7. The molecule has 1 saturated carbocycles. The van der Waals surface area contributed by atoms with Gasteiger partial charge in [-0.25, -0.2) is 0 Å². The van der Waals surface area contributed by atoms with Crippen LogP contribution in [-0.2, 0) is 0 Å². The molecule has 0 unspecified atom stereocenters. The van der Waals surface area contributed by atoms with Gasteiger partial charge in [0.25, 0.3) is 0 Å². The highest BCUT2D eigenvalue weighted by molar-refractivity contribution is 5.96. The second kappa shape index (κ2) is 6.55. The molecule has 2 rings (SSSR count). The van der Waals surface area contributed by atoms with E-state index in [0.29, 0.717) is 19.1 Å². The Labute approximate surface area is 108 Å². The van der Waals surface area contributed by atoms with E-state index in [0.717, 1.165) is 43.4 Å². The number of hydrogen-bond acceptors (Lipinski definition) is 3. The van der Waals surface area contributed by atoms with Gasteiger partial charge in [0.05, 0.1) is 6.10 Å². The molecule has 1 aliphatic rings. The highest BCUT2D eigenvalue weighted by atomic mass is 16.5. The molecule has 0 aliphatic heterocycles. The first-order chi connectivity index (χ1) is 8.79. The zero-order chi connectivity index (χ0) is 12.8. The van der Waals surface area contributed by atoms with Gasteiger partial charge < -0.3 is 10.5 Å². The van der Waals surface area contributed by atoms with Crippen molar-refractivity contribution in [1.82, 2.24) is 0 Å². The summed E-state index contributed by atoms with van der Waals surface area (Å²) in [5.74, 6) is 1.09. The van der Waals surface area contributed by atoms with Gasteiger partial charge in [-0.05, 0) is 56.5 Å². The number of benzene rings is 1. The van der Waals surface area contributed by atoms with Gasteiger partial charge in [0.1, 0.15) is 5.75 Å². The predicted octanol–water partition coefficient (Wildman–Crippen LogP) is 2.93. The lowest BCUT2D eigenvalue weighted by molar-refractivity contribution is 0.0979. The van der Waals surface area contributed by atoms with E-state index in [2.05, 4.69) is 0 Å². The van der Waals surface area contributed by atoms with Crippen molar-refractivity contribution in [1.29, 1.82) is 0 Å². The molecular weight excluding hydrogens is 226 g/mol. The molecule has 3 nitrogen and oxygen atoms in total. The van der Waals surface area contributed by atoms with E-state index >= 15 is 0 Å². The van der Waals surface area contributed by atoms with Crippen molar-refractivity contribution < 1.29 is 9.53 Å². The number of Topliss-reactive ketones (excluding diaryl/α,β-unsaturated/α-hetero) is 1. The van der Waals surface area contributed by atoms with Gasteiger partial charge in [0, 0.05) is 12.0 Å². The Kier molecular flexibility index (Phi) is 4.76. The average Bonchev–Trinajstić information content (AvgIpc) is 3.19. The van der Waals surface area contributed by atoms with Gasteiger partial charge in [-0.15, -0.1) is 0 Å². The summed E-state index contributed by atoms with van der Waals surface area (Å²) in [5.41, 5.74) is 6.20. The smallest absolute Gasteiger partial charge is 0.162 e. The Morgan fingerprint density at radius 1 is 1.17 bits per heavy atom. The highest BCUT2D eigenvalue weighted by Gasteiger charge is 2.23. The van der Waals surface area contributed by atoms with Gasteiger partial charge in [0.2, 0.25) is 0 Å². The summed E-state index contributed by atoms with van der Waals surface area (Å²) in [5, 5.41) is 0. The summed E-state index contributed by atoms with van der Waals surface area (Å²) in [4.78, 5) is 11.9. The molecule has 0 atom stereocenters. The van der Waals surface area contributed by atoms with Gasteiger partial charge in [0.15, 0.2) is 5.78 Å². The molecule has 1 aliphatic carbocycles. The first-order valence-corrected chi connectivity index (χ1v) is 6.79. The Bertz CT molecular complexity index is 382. The lowest BCUT2D eigenvalue weighted by atomic mass is 10.0. The van der Waals surface area contributed by atoms with Crippen molar-refractivity contribution in [3.63, 3.8) is 0 Å². The Morgan fingerprint density at radius 3 is 2.50 bits per heavy atom. The fourth-order valence-electron chi connectivity index (χ4n) is 1.85. The summed E-state index contributed by atoms with van der Waals surface area (Å²) in [6, 6.07) is 7.52. The van der Waals surface area contributed by atoms with Crippen LogP contribution in [0.25, 0.3) is 0 Å². The summed E-state index contributed by atoms with van der Waals surface area (Å²) in [6.07, 6.45) is 6.29. The minimum absolute atomic E-state index is 0.213. The number of unbranched alkanes of at least 4 members (excludes halogenated alkanes) is 2. The third-order valence-electron chi connectivity index (χ3n) is 3.11. The molecule has 0 heterocycles. The Morgan fingerprint density at radius 2 is 1.89 bits per heavy atom. The quantitative estimate of drug-likeness (QED) is 0.567. The fraction of sp³-hybridized carbons (Fsp3) is 0.533. The summed E-state index contributed by atoms with van der Waals surface area (Å²) in [7, 11) is 0. The molecular formula is C15H21NO2. The van der Waals surface area contributed by atoms with Crippen molar-refractivity contribution in [2.24, 2.45) is 5.73 Å². The molecule has 0 bridgehead atoms. The van der Waals surface area contributed by atoms with Gasteiger partial charge >= 0.3 is 0 Å². The average molecular weight is 247 g/mol. The molecule has 2 N–H and O–H groups in total. The number of ether oxygens (including phenoxy) is 1. The number of rotatable bonds is 8. The summed E-state index contributed by atoms with van der Waals surface area (Å²) < 4.78 is 5.65. The molecule has 18 heavy (non-hydrogen) atoms. The van der Waals surface area contributed by atoms with Crippen LogP contribution in [0.1, 0.15) is 48.9 Å². The van der Waals surface area contributed by atoms with Crippen molar-refractivity contribution in [3.05, 3.63) is 29.8 Å². The maximum absolute atomic E-state index is 11.9. The summed E-state index contributed by atoms with van der Waals surface area (Å²) in [6.45, 7) is 0.710. The standard InChI is InChI=1S/C15H21NO2/c16-11-3-1-2-4-15(17)12-5-7-13(8-6-12)18-14-9-10-14/h5-8,14H,1-4,9-11,16H2. The molecule has 1 aromatic carbocycles. The van der Waals surface area contributed by atoms with Crippen LogP contribution in [0.15, 0.2) is 24.3 Å². The van der Waals surface area contributed by atoms with Gasteiger partial charge in [-0.3, -0.25) is 4.79 Å². The molecule has 1 fully saturated rings. The normalized spacial score (nSPS) is 14.5. The Balaban J connectivity index is 1.78. The molecule has 0 radical (unpaired) electrons. The number of carbonyl (C=O) groups excluding carboxylic acids is 1. The minimum atomic E-state index is 0.213. The monoisotopic (exact) mass is 247 g/mol. The predicted molar refractivity (Wildman–Crippen MR) is 71.9 cm³/mol. The van der Waals surface area contributed by atoms with E-state index in [9.17, 15) is 4.79 Å². The van der Waals surface area contributed by atoms with Crippen LogP contribution in [0.2, 0.25) is 0 Å². The second-order valence-electron chi connectivity index (χ2n) is 4.86. The van der Waals surface area contributed by atoms with Crippen molar-refractivity contribution in [2.45, 2.75) is 44.6 Å². The third kappa shape index (κ3) is 4.15. The lowest BCUT2D eigenvalue weighted by Crippen LogP contribution is -2.02. The maximum atomic E-state index is 11.9. The molecule has 0 saturated heterocycles. The van der Waals surface area contributed by atoms with Crippen LogP contribution in [0.3, 0.4) is 0 Å². The van der Waals surface area contributed by atoms with E-state index < -0.39 is 0 Å². The van der Waals surface area contributed by atoms with Crippen LogP contribution in [0, 0.1) is 0 Å². The zero-order valence-corrected chi connectivity index (χ0v) is 10.7. The van der Waals surface area contributed by atoms with Crippen molar-refractivity contribution in [2.75, 3.05) is 6.54 Å². The number of carbonyl (C=O) groups is 1. The van der Waals surface area contributed by atoms with Gasteiger partial charge in [-0.2, -0.15) is 0 Å². The summed E-state index contributed by atoms with van der Waals surface area (Å²) >= 11 is 0. The van der Waals surface area contributed by atoms with E-state index in [-0.39, 0.29) is 5.78 Å².